The lowest BCUT2D eigenvalue weighted by atomic mass is 9.93. The second-order valence-corrected chi connectivity index (χ2v) is 7.12. The van der Waals surface area contributed by atoms with Gasteiger partial charge in [-0.25, -0.2) is 9.97 Å². The van der Waals surface area contributed by atoms with Crippen LogP contribution in [0.25, 0.3) is 0 Å². The first-order chi connectivity index (χ1) is 13.0. The molecular formula is C21H27N3O3. The third-order valence-corrected chi connectivity index (χ3v) is 4.80. The summed E-state index contributed by atoms with van der Waals surface area (Å²) in [5, 5.41) is 3.14. The van der Waals surface area contributed by atoms with Gasteiger partial charge in [-0.2, -0.15) is 0 Å². The van der Waals surface area contributed by atoms with E-state index in [0.29, 0.717) is 12.4 Å². The van der Waals surface area contributed by atoms with E-state index in [1.54, 1.807) is 7.11 Å². The van der Waals surface area contributed by atoms with E-state index >= 15 is 0 Å². The molecule has 6 nitrogen and oxygen atoms in total. The lowest BCUT2D eigenvalue weighted by molar-refractivity contribution is -0.121. The highest BCUT2D eigenvalue weighted by Gasteiger charge is 2.24. The van der Waals surface area contributed by atoms with Crippen molar-refractivity contribution < 1.29 is 14.3 Å². The summed E-state index contributed by atoms with van der Waals surface area (Å²) in [7, 11) is 1.63. The van der Waals surface area contributed by atoms with Crippen molar-refractivity contribution in [2.75, 3.05) is 7.11 Å². The van der Waals surface area contributed by atoms with Crippen LogP contribution in [-0.4, -0.2) is 35.1 Å². The Hall–Kier alpha value is -2.63. The fourth-order valence-electron chi connectivity index (χ4n) is 3.43. The van der Waals surface area contributed by atoms with Crippen LogP contribution in [0.4, 0.5) is 0 Å². The fraction of sp³-hybridized carbons (Fsp3) is 0.476. The van der Waals surface area contributed by atoms with Gasteiger partial charge in [-0.15, -0.1) is 0 Å². The van der Waals surface area contributed by atoms with Crippen LogP contribution in [0.1, 0.15) is 42.6 Å². The molecular weight excluding hydrogens is 342 g/mol. The number of aryl methyl sites for hydroxylation is 2. The molecule has 1 aliphatic carbocycles. The highest BCUT2D eigenvalue weighted by atomic mass is 16.5. The van der Waals surface area contributed by atoms with Gasteiger partial charge in [0.05, 0.1) is 13.5 Å². The molecule has 1 saturated carbocycles. The molecule has 0 unspecified atom stereocenters. The Morgan fingerprint density at radius 2 is 1.70 bits per heavy atom. The number of hydrogen-bond acceptors (Lipinski definition) is 5. The number of amides is 1. The average Bonchev–Trinajstić information content (AvgIpc) is 2.63. The van der Waals surface area contributed by atoms with Crippen molar-refractivity contribution in [3.63, 3.8) is 0 Å². The van der Waals surface area contributed by atoms with E-state index in [1.807, 2.05) is 44.2 Å². The number of carbonyl (C=O) groups is 1. The fourth-order valence-corrected chi connectivity index (χ4v) is 3.43. The first kappa shape index (κ1) is 19.1. The highest BCUT2D eigenvalue weighted by Crippen LogP contribution is 2.23. The van der Waals surface area contributed by atoms with Gasteiger partial charge >= 0.3 is 6.01 Å². The molecule has 2 aromatic rings. The van der Waals surface area contributed by atoms with E-state index in [1.165, 1.54) is 0 Å². The van der Waals surface area contributed by atoms with Crippen molar-refractivity contribution in [1.82, 2.24) is 15.3 Å². The summed E-state index contributed by atoms with van der Waals surface area (Å²) < 4.78 is 11.1. The zero-order valence-corrected chi connectivity index (χ0v) is 16.2. The summed E-state index contributed by atoms with van der Waals surface area (Å²) in [5.41, 5.74) is 2.81. The SMILES string of the molecule is COc1ccc(CC(=O)NC2CCC(Oc3nc(C)cc(C)n3)CC2)cc1. The van der Waals surface area contributed by atoms with E-state index < -0.39 is 0 Å². The largest absolute Gasteiger partial charge is 0.497 e. The van der Waals surface area contributed by atoms with Crippen molar-refractivity contribution in [2.45, 2.75) is 58.1 Å². The molecule has 0 radical (unpaired) electrons. The molecule has 1 aromatic carbocycles. The Kier molecular flexibility index (Phi) is 6.27. The molecule has 27 heavy (non-hydrogen) atoms. The molecule has 0 spiro atoms. The monoisotopic (exact) mass is 369 g/mol. The van der Waals surface area contributed by atoms with Crippen LogP contribution in [0.3, 0.4) is 0 Å². The molecule has 3 rings (SSSR count). The predicted molar refractivity (Wildman–Crippen MR) is 103 cm³/mol. The Labute approximate surface area is 160 Å². The summed E-state index contributed by atoms with van der Waals surface area (Å²) in [6.45, 7) is 3.88. The molecule has 1 aromatic heterocycles. The summed E-state index contributed by atoms with van der Waals surface area (Å²) >= 11 is 0. The zero-order valence-electron chi connectivity index (χ0n) is 16.2. The van der Waals surface area contributed by atoms with Gasteiger partial charge in [0.1, 0.15) is 11.9 Å². The summed E-state index contributed by atoms with van der Waals surface area (Å²) in [5.74, 6) is 0.854. The molecule has 1 amide bonds. The minimum atomic E-state index is 0.0576. The molecule has 1 heterocycles. The Bertz CT molecular complexity index is 748. The number of rotatable bonds is 6. The lowest BCUT2D eigenvalue weighted by Crippen LogP contribution is -2.40. The normalized spacial score (nSPS) is 19.4. The molecule has 0 atom stereocenters. The predicted octanol–water partition coefficient (Wildman–Crippen LogP) is 3.15. The Morgan fingerprint density at radius 1 is 1.07 bits per heavy atom. The summed E-state index contributed by atoms with van der Waals surface area (Å²) in [6, 6.07) is 10.2. The minimum absolute atomic E-state index is 0.0576. The van der Waals surface area contributed by atoms with Crippen LogP contribution < -0.4 is 14.8 Å². The smallest absolute Gasteiger partial charge is 0.317 e. The molecule has 6 heteroatoms. The van der Waals surface area contributed by atoms with Crippen LogP contribution in [-0.2, 0) is 11.2 Å². The standard InChI is InChI=1S/C21H27N3O3/c1-14-12-15(2)23-21(22-14)27-19-10-6-17(7-11-19)24-20(25)13-16-4-8-18(26-3)9-5-16/h4-5,8-9,12,17,19H,6-7,10-11,13H2,1-3H3,(H,24,25). The molecule has 0 saturated heterocycles. The van der Waals surface area contributed by atoms with Crippen LogP contribution in [0.2, 0.25) is 0 Å². The van der Waals surface area contributed by atoms with Gasteiger partial charge in [0, 0.05) is 17.4 Å². The molecule has 1 aliphatic rings. The van der Waals surface area contributed by atoms with Crippen molar-refractivity contribution >= 4 is 5.91 Å². The molecule has 1 fully saturated rings. The number of methoxy groups -OCH3 is 1. The second kappa shape index (κ2) is 8.84. The maximum Gasteiger partial charge on any atom is 0.317 e. The molecule has 144 valence electrons. The third-order valence-electron chi connectivity index (χ3n) is 4.80. The quantitative estimate of drug-likeness (QED) is 0.847. The van der Waals surface area contributed by atoms with E-state index in [4.69, 9.17) is 9.47 Å². The number of ether oxygens (including phenoxy) is 2. The van der Waals surface area contributed by atoms with Crippen molar-refractivity contribution in [3.05, 3.63) is 47.3 Å². The number of hydrogen-bond donors (Lipinski definition) is 1. The lowest BCUT2D eigenvalue weighted by Gasteiger charge is -2.29. The van der Waals surface area contributed by atoms with Gasteiger partial charge in [0.15, 0.2) is 0 Å². The van der Waals surface area contributed by atoms with Gasteiger partial charge < -0.3 is 14.8 Å². The summed E-state index contributed by atoms with van der Waals surface area (Å²) in [4.78, 5) is 21.0. The topological polar surface area (TPSA) is 73.3 Å². The minimum Gasteiger partial charge on any atom is -0.497 e. The van der Waals surface area contributed by atoms with Crippen molar-refractivity contribution in [1.29, 1.82) is 0 Å². The first-order valence-corrected chi connectivity index (χ1v) is 9.43. The highest BCUT2D eigenvalue weighted by molar-refractivity contribution is 5.78. The van der Waals surface area contributed by atoms with Gasteiger partial charge in [-0.05, 0) is 63.3 Å². The van der Waals surface area contributed by atoms with Crippen LogP contribution in [0.15, 0.2) is 30.3 Å². The summed E-state index contributed by atoms with van der Waals surface area (Å²) in [6.07, 6.45) is 4.10. The maximum absolute atomic E-state index is 12.3. The van der Waals surface area contributed by atoms with Gasteiger partial charge in [0.2, 0.25) is 5.91 Å². The van der Waals surface area contributed by atoms with Gasteiger partial charge in [-0.3, -0.25) is 4.79 Å². The van der Waals surface area contributed by atoms with Crippen molar-refractivity contribution in [3.8, 4) is 11.8 Å². The number of aromatic nitrogens is 2. The van der Waals surface area contributed by atoms with Gasteiger partial charge in [-0.1, -0.05) is 12.1 Å². The van der Waals surface area contributed by atoms with Crippen molar-refractivity contribution in [2.24, 2.45) is 0 Å². The maximum atomic E-state index is 12.3. The molecule has 1 N–H and O–H groups in total. The zero-order chi connectivity index (χ0) is 19.2. The first-order valence-electron chi connectivity index (χ1n) is 9.43. The van der Waals surface area contributed by atoms with Crippen LogP contribution in [0.5, 0.6) is 11.8 Å². The number of nitrogens with zero attached hydrogens (tertiary/aromatic N) is 2. The second-order valence-electron chi connectivity index (χ2n) is 7.12. The Morgan fingerprint density at radius 3 is 2.30 bits per heavy atom. The third kappa shape index (κ3) is 5.67. The Balaban J connectivity index is 1.43. The molecule has 0 aliphatic heterocycles. The van der Waals surface area contributed by atoms with E-state index in [0.717, 1.165) is 48.4 Å². The number of carbonyl (C=O) groups excluding carboxylic acids is 1. The molecule has 0 bridgehead atoms. The van der Waals surface area contributed by atoms with E-state index in [9.17, 15) is 4.79 Å². The van der Waals surface area contributed by atoms with Crippen LogP contribution >= 0.6 is 0 Å². The number of nitrogens with one attached hydrogen (secondary N) is 1. The van der Waals surface area contributed by atoms with Crippen LogP contribution in [0, 0.1) is 13.8 Å². The van der Waals surface area contributed by atoms with Gasteiger partial charge in [0.25, 0.3) is 0 Å². The number of benzene rings is 1. The van der Waals surface area contributed by atoms with E-state index in [-0.39, 0.29) is 18.1 Å². The van der Waals surface area contributed by atoms with E-state index in [2.05, 4.69) is 15.3 Å². The average molecular weight is 369 g/mol.